The van der Waals surface area contributed by atoms with Gasteiger partial charge in [-0.2, -0.15) is 0 Å². The second kappa shape index (κ2) is 5.83. The zero-order valence-corrected chi connectivity index (χ0v) is 13.6. The van der Waals surface area contributed by atoms with E-state index in [2.05, 4.69) is 6.07 Å². The highest BCUT2D eigenvalue weighted by Gasteiger charge is 2.37. The van der Waals surface area contributed by atoms with Gasteiger partial charge in [-0.05, 0) is 30.5 Å². The van der Waals surface area contributed by atoms with Crippen molar-refractivity contribution in [3.05, 3.63) is 46.7 Å². The minimum absolute atomic E-state index is 0.0538. The lowest BCUT2D eigenvalue weighted by Gasteiger charge is -2.16. The number of amides is 1. The van der Waals surface area contributed by atoms with Crippen molar-refractivity contribution in [1.29, 1.82) is 0 Å². The molecule has 1 aliphatic rings. The normalized spacial score (nSPS) is 18.0. The fourth-order valence-corrected chi connectivity index (χ4v) is 2.17. The van der Waals surface area contributed by atoms with Crippen LogP contribution in [0.15, 0.2) is 30.0 Å². The first kappa shape index (κ1) is 16.1. The molecule has 1 aliphatic heterocycles. The molecule has 0 atom stereocenters. The molecule has 0 saturated carbocycles. The molecule has 5 heteroatoms. The molecule has 1 aromatic rings. The van der Waals surface area contributed by atoms with Gasteiger partial charge < -0.3 is 14.4 Å². The maximum Gasteiger partial charge on any atom is 0.377 e. The van der Waals surface area contributed by atoms with E-state index in [9.17, 15) is 9.59 Å². The first-order chi connectivity index (χ1) is 10.2. The second-order valence-corrected chi connectivity index (χ2v) is 6.01. The molecule has 2 rings (SSSR count). The molecular formula is C17H21NO4. The first-order valence-electron chi connectivity index (χ1n) is 7.13. The minimum Gasteiger partial charge on any atom is -0.445 e. The third-order valence-corrected chi connectivity index (χ3v) is 3.52. The van der Waals surface area contributed by atoms with Gasteiger partial charge in [0, 0.05) is 27.4 Å². The molecule has 5 nitrogen and oxygen atoms in total. The van der Waals surface area contributed by atoms with Crippen LogP contribution in [0.25, 0.3) is 0 Å². The maximum atomic E-state index is 12.2. The predicted molar refractivity (Wildman–Crippen MR) is 81.7 cm³/mol. The van der Waals surface area contributed by atoms with Crippen molar-refractivity contribution in [3.8, 4) is 0 Å². The Morgan fingerprint density at radius 1 is 1.23 bits per heavy atom. The molecule has 1 amide bonds. The van der Waals surface area contributed by atoms with Crippen molar-refractivity contribution in [3.63, 3.8) is 0 Å². The number of hydrogen-bond acceptors (Lipinski definition) is 4. The van der Waals surface area contributed by atoms with E-state index in [1.54, 1.807) is 20.9 Å². The number of ether oxygens (including phenoxy) is 2. The first-order valence-corrected chi connectivity index (χ1v) is 7.13. The molecule has 1 aromatic carbocycles. The van der Waals surface area contributed by atoms with E-state index < -0.39 is 11.8 Å². The summed E-state index contributed by atoms with van der Waals surface area (Å²) < 4.78 is 10.3. The van der Waals surface area contributed by atoms with Crippen molar-refractivity contribution in [2.75, 3.05) is 7.05 Å². The summed E-state index contributed by atoms with van der Waals surface area (Å²) in [5, 5.41) is 0. The van der Waals surface area contributed by atoms with Crippen LogP contribution >= 0.6 is 0 Å². The summed E-state index contributed by atoms with van der Waals surface area (Å²) in [4.78, 5) is 25.3. The number of esters is 1. The average Bonchev–Trinajstić information content (AvgIpc) is 2.66. The Kier molecular flexibility index (Phi) is 4.26. The Hall–Kier alpha value is -2.30. The Balaban J connectivity index is 2.06. The fourth-order valence-electron chi connectivity index (χ4n) is 2.17. The Bertz CT molecular complexity index is 646. The predicted octanol–water partition coefficient (Wildman–Crippen LogP) is 2.46. The van der Waals surface area contributed by atoms with Crippen molar-refractivity contribution in [1.82, 2.24) is 4.90 Å². The molecule has 118 valence electrons. The highest BCUT2D eigenvalue weighted by molar-refractivity contribution is 5.97. The molecular weight excluding hydrogens is 282 g/mol. The van der Waals surface area contributed by atoms with Crippen molar-refractivity contribution in [2.24, 2.45) is 0 Å². The summed E-state index contributed by atoms with van der Waals surface area (Å²) in [7, 11) is 1.68. The topological polar surface area (TPSA) is 55.8 Å². The Morgan fingerprint density at radius 2 is 1.91 bits per heavy atom. The van der Waals surface area contributed by atoms with Gasteiger partial charge in [0.1, 0.15) is 0 Å². The van der Waals surface area contributed by atoms with Crippen LogP contribution < -0.4 is 0 Å². The summed E-state index contributed by atoms with van der Waals surface area (Å²) in [6.07, 6.45) is 1.18. The largest absolute Gasteiger partial charge is 0.445 e. The summed E-state index contributed by atoms with van der Waals surface area (Å²) in [5.74, 6) is -1.99. The molecule has 0 spiro atoms. The zero-order valence-electron chi connectivity index (χ0n) is 13.6. The Morgan fingerprint density at radius 3 is 2.45 bits per heavy atom. The third kappa shape index (κ3) is 3.67. The van der Waals surface area contributed by atoms with Gasteiger partial charge in [-0.1, -0.05) is 18.2 Å². The molecule has 0 bridgehead atoms. The number of hydrogen-bond donors (Lipinski definition) is 0. The average molecular weight is 303 g/mol. The van der Waals surface area contributed by atoms with E-state index >= 15 is 0 Å². The second-order valence-electron chi connectivity index (χ2n) is 6.01. The SMILES string of the molecule is Cc1ccc(CN(C)C(=O)/C=C2\OC(C)(C)OC2=O)cc1C. The van der Waals surface area contributed by atoms with Crippen molar-refractivity contribution < 1.29 is 19.1 Å². The molecule has 0 aliphatic carbocycles. The van der Waals surface area contributed by atoms with Crippen LogP contribution in [0.2, 0.25) is 0 Å². The van der Waals surface area contributed by atoms with Crippen LogP contribution in [0, 0.1) is 13.8 Å². The summed E-state index contributed by atoms with van der Waals surface area (Å²) in [6, 6.07) is 6.07. The summed E-state index contributed by atoms with van der Waals surface area (Å²) in [6.45, 7) is 7.78. The van der Waals surface area contributed by atoms with E-state index in [-0.39, 0.29) is 11.7 Å². The van der Waals surface area contributed by atoms with Gasteiger partial charge in [0.25, 0.3) is 5.91 Å². The van der Waals surface area contributed by atoms with E-state index in [1.807, 2.05) is 26.0 Å². The number of cyclic esters (lactones) is 1. The summed E-state index contributed by atoms with van der Waals surface area (Å²) in [5.41, 5.74) is 3.43. The monoisotopic (exact) mass is 303 g/mol. The van der Waals surface area contributed by atoms with Gasteiger partial charge in [-0.25, -0.2) is 4.79 Å². The lowest BCUT2D eigenvalue weighted by atomic mass is 10.1. The standard InChI is InChI=1S/C17H21NO4/c1-11-6-7-13(8-12(11)2)10-18(5)15(19)9-14-16(20)22-17(3,4)21-14/h6-9H,10H2,1-5H3/b14-9-. The van der Waals surface area contributed by atoms with Crippen LogP contribution in [0.4, 0.5) is 0 Å². The molecule has 1 fully saturated rings. The van der Waals surface area contributed by atoms with Crippen LogP contribution in [-0.4, -0.2) is 29.6 Å². The van der Waals surface area contributed by atoms with Crippen LogP contribution in [0.3, 0.4) is 0 Å². The molecule has 0 unspecified atom stereocenters. The molecule has 1 saturated heterocycles. The van der Waals surface area contributed by atoms with E-state index in [0.29, 0.717) is 6.54 Å². The highest BCUT2D eigenvalue weighted by Crippen LogP contribution is 2.26. The Labute approximate surface area is 130 Å². The quantitative estimate of drug-likeness (QED) is 0.636. The number of likely N-dealkylation sites (N-methyl/N-ethyl adjacent to an activating group) is 1. The highest BCUT2D eigenvalue weighted by atomic mass is 16.8. The lowest BCUT2D eigenvalue weighted by molar-refractivity contribution is -0.159. The minimum atomic E-state index is -1.02. The van der Waals surface area contributed by atoms with Gasteiger partial charge in [0.15, 0.2) is 0 Å². The van der Waals surface area contributed by atoms with Gasteiger partial charge >= 0.3 is 5.97 Å². The smallest absolute Gasteiger partial charge is 0.377 e. The van der Waals surface area contributed by atoms with Gasteiger partial charge in [-0.15, -0.1) is 0 Å². The van der Waals surface area contributed by atoms with Gasteiger partial charge in [0.05, 0.1) is 6.08 Å². The van der Waals surface area contributed by atoms with Crippen LogP contribution in [0.1, 0.15) is 30.5 Å². The summed E-state index contributed by atoms with van der Waals surface area (Å²) >= 11 is 0. The van der Waals surface area contributed by atoms with E-state index in [0.717, 1.165) is 5.56 Å². The molecule has 0 N–H and O–H groups in total. The number of nitrogens with zero attached hydrogens (tertiary/aromatic N) is 1. The molecule has 0 radical (unpaired) electrons. The zero-order chi connectivity index (χ0) is 16.5. The lowest BCUT2D eigenvalue weighted by Crippen LogP contribution is -2.25. The number of benzene rings is 1. The number of carbonyl (C=O) groups excluding carboxylic acids is 2. The van der Waals surface area contributed by atoms with Crippen molar-refractivity contribution in [2.45, 2.75) is 40.0 Å². The van der Waals surface area contributed by atoms with E-state index in [1.165, 1.54) is 22.1 Å². The fraction of sp³-hybridized carbons (Fsp3) is 0.412. The number of rotatable bonds is 3. The molecule has 0 aromatic heterocycles. The third-order valence-electron chi connectivity index (χ3n) is 3.52. The van der Waals surface area contributed by atoms with E-state index in [4.69, 9.17) is 9.47 Å². The molecule has 22 heavy (non-hydrogen) atoms. The maximum absolute atomic E-state index is 12.2. The number of carbonyl (C=O) groups is 2. The van der Waals surface area contributed by atoms with Crippen LogP contribution in [-0.2, 0) is 25.6 Å². The number of aryl methyl sites for hydroxylation is 2. The molecule has 1 heterocycles. The van der Waals surface area contributed by atoms with Gasteiger partial charge in [0.2, 0.25) is 11.5 Å². The van der Waals surface area contributed by atoms with Crippen molar-refractivity contribution >= 4 is 11.9 Å². The van der Waals surface area contributed by atoms with Gasteiger partial charge in [-0.3, -0.25) is 4.79 Å². The van der Waals surface area contributed by atoms with Crippen LogP contribution in [0.5, 0.6) is 0 Å².